The summed E-state index contributed by atoms with van der Waals surface area (Å²) in [4.78, 5) is 19.7. The molecule has 0 radical (unpaired) electrons. The molecular weight excluding hydrogens is 246 g/mol. The lowest BCUT2D eigenvalue weighted by Crippen LogP contribution is -2.31. The standard InChI is InChI=1S/C11H17N7O/c1-6(2)3-4-18-9-7(5-14-18)8(10(19)17-13)15-11(12)16-9/h5-6H,3-4,13H2,1-2H3,(H,17,19)(H2,12,15,16). The highest BCUT2D eigenvalue weighted by Gasteiger charge is 2.16. The van der Waals surface area contributed by atoms with Crippen molar-refractivity contribution in [3.63, 3.8) is 0 Å². The molecule has 2 rings (SSSR count). The lowest BCUT2D eigenvalue weighted by Gasteiger charge is -2.06. The van der Waals surface area contributed by atoms with Crippen LogP contribution in [0.3, 0.4) is 0 Å². The van der Waals surface area contributed by atoms with Crippen LogP contribution < -0.4 is 17.0 Å². The van der Waals surface area contributed by atoms with Crippen LogP contribution in [0.1, 0.15) is 30.8 Å². The third-order valence-electron chi connectivity index (χ3n) is 2.78. The number of nitrogens with one attached hydrogen (secondary N) is 1. The molecule has 0 aliphatic carbocycles. The van der Waals surface area contributed by atoms with Gasteiger partial charge in [-0.2, -0.15) is 10.1 Å². The summed E-state index contributed by atoms with van der Waals surface area (Å²) in [5.41, 5.74) is 8.34. The van der Waals surface area contributed by atoms with Crippen LogP contribution in [0.4, 0.5) is 5.95 Å². The summed E-state index contributed by atoms with van der Waals surface area (Å²) in [6, 6.07) is 0. The summed E-state index contributed by atoms with van der Waals surface area (Å²) in [5.74, 6) is 5.18. The summed E-state index contributed by atoms with van der Waals surface area (Å²) in [6.45, 7) is 4.96. The third-order valence-corrected chi connectivity index (χ3v) is 2.78. The number of hydrogen-bond acceptors (Lipinski definition) is 6. The number of nitrogens with zero attached hydrogens (tertiary/aromatic N) is 4. The number of aryl methyl sites for hydroxylation is 1. The average molecular weight is 263 g/mol. The zero-order valence-electron chi connectivity index (χ0n) is 10.9. The van der Waals surface area contributed by atoms with Crippen LogP contribution in [0.25, 0.3) is 11.0 Å². The number of amides is 1. The molecule has 0 bridgehead atoms. The maximum atomic E-state index is 11.6. The van der Waals surface area contributed by atoms with Crippen LogP contribution in [-0.2, 0) is 6.54 Å². The Bertz CT molecular complexity index is 604. The molecule has 8 nitrogen and oxygen atoms in total. The van der Waals surface area contributed by atoms with Crippen molar-refractivity contribution < 1.29 is 4.79 Å². The normalized spacial score (nSPS) is 11.2. The van der Waals surface area contributed by atoms with Gasteiger partial charge in [-0.05, 0) is 12.3 Å². The van der Waals surface area contributed by atoms with Crippen LogP contribution in [0.15, 0.2) is 6.20 Å². The van der Waals surface area contributed by atoms with E-state index in [9.17, 15) is 4.79 Å². The van der Waals surface area contributed by atoms with E-state index >= 15 is 0 Å². The molecule has 2 aromatic rings. The summed E-state index contributed by atoms with van der Waals surface area (Å²) in [5, 5.41) is 4.77. The first-order valence-corrected chi connectivity index (χ1v) is 6.03. The van der Waals surface area contributed by atoms with Crippen molar-refractivity contribution in [1.82, 2.24) is 25.2 Å². The van der Waals surface area contributed by atoms with Crippen LogP contribution in [0, 0.1) is 5.92 Å². The number of rotatable bonds is 4. The highest BCUT2D eigenvalue weighted by molar-refractivity contribution is 6.03. The maximum absolute atomic E-state index is 11.6. The molecule has 0 aliphatic rings. The van der Waals surface area contributed by atoms with Crippen molar-refractivity contribution in [3.8, 4) is 0 Å². The summed E-state index contributed by atoms with van der Waals surface area (Å²) in [7, 11) is 0. The fraction of sp³-hybridized carbons (Fsp3) is 0.455. The molecule has 0 fully saturated rings. The molecule has 102 valence electrons. The second-order valence-corrected chi connectivity index (χ2v) is 4.69. The minimum Gasteiger partial charge on any atom is -0.368 e. The Morgan fingerprint density at radius 1 is 1.47 bits per heavy atom. The second-order valence-electron chi connectivity index (χ2n) is 4.69. The van der Waals surface area contributed by atoms with Gasteiger partial charge >= 0.3 is 0 Å². The SMILES string of the molecule is CC(C)CCn1ncc2c(C(=O)NN)nc(N)nc21. The van der Waals surface area contributed by atoms with Gasteiger partial charge in [0.1, 0.15) is 5.69 Å². The quantitative estimate of drug-likeness (QED) is 0.407. The van der Waals surface area contributed by atoms with Gasteiger partial charge in [-0.25, -0.2) is 15.5 Å². The zero-order chi connectivity index (χ0) is 14.0. The predicted molar refractivity (Wildman–Crippen MR) is 70.8 cm³/mol. The fourth-order valence-corrected chi connectivity index (χ4v) is 1.76. The highest BCUT2D eigenvalue weighted by Crippen LogP contribution is 2.17. The number of fused-ring (bicyclic) bond motifs is 1. The van der Waals surface area contributed by atoms with Gasteiger partial charge in [0.15, 0.2) is 5.65 Å². The van der Waals surface area contributed by atoms with E-state index in [1.807, 2.05) is 5.43 Å². The Morgan fingerprint density at radius 2 is 2.21 bits per heavy atom. The number of nitrogens with two attached hydrogens (primary N) is 2. The third kappa shape index (κ3) is 2.63. The Hall–Kier alpha value is -2.22. The van der Waals surface area contributed by atoms with Crippen molar-refractivity contribution in [2.24, 2.45) is 11.8 Å². The first-order chi connectivity index (χ1) is 9.02. The average Bonchev–Trinajstić information content (AvgIpc) is 2.77. The number of anilines is 1. The fourth-order valence-electron chi connectivity index (χ4n) is 1.76. The van der Waals surface area contributed by atoms with Gasteiger partial charge in [0.2, 0.25) is 5.95 Å². The van der Waals surface area contributed by atoms with E-state index in [0.717, 1.165) is 6.42 Å². The predicted octanol–water partition coefficient (Wildman–Crippen LogP) is 0.0581. The van der Waals surface area contributed by atoms with Crippen molar-refractivity contribution in [2.75, 3.05) is 5.73 Å². The van der Waals surface area contributed by atoms with E-state index in [0.29, 0.717) is 23.5 Å². The van der Waals surface area contributed by atoms with Gasteiger partial charge in [0.25, 0.3) is 5.91 Å². The van der Waals surface area contributed by atoms with Crippen molar-refractivity contribution in [1.29, 1.82) is 0 Å². The molecule has 1 amide bonds. The Kier molecular flexibility index (Phi) is 3.61. The number of carbonyl (C=O) groups is 1. The van der Waals surface area contributed by atoms with Gasteiger partial charge in [0.05, 0.1) is 11.6 Å². The molecule has 8 heteroatoms. The molecular formula is C11H17N7O. The van der Waals surface area contributed by atoms with Crippen LogP contribution in [-0.4, -0.2) is 25.7 Å². The lowest BCUT2D eigenvalue weighted by atomic mass is 10.1. The van der Waals surface area contributed by atoms with E-state index < -0.39 is 5.91 Å². The zero-order valence-corrected chi connectivity index (χ0v) is 10.9. The molecule has 0 aromatic carbocycles. The summed E-state index contributed by atoms with van der Waals surface area (Å²) in [6.07, 6.45) is 2.51. The summed E-state index contributed by atoms with van der Waals surface area (Å²) >= 11 is 0. The van der Waals surface area contributed by atoms with E-state index in [1.165, 1.54) is 0 Å². The van der Waals surface area contributed by atoms with Gasteiger partial charge in [-0.3, -0.25) is 10.2 Å². The van der Waals surface area contributed by atoms with Crippen molar-refractivity contribution in [3.05, 3.63) is 11.9 Å². The summed E-state index contributed by atoms with van der Waals surface area (Å²) < 4.78 is 1.72. The minimum atomic E-state index is -0.512. The largest absolute Gasteiger partial charge is 0.368 e. The van der Waals surface area contributed by atoms with Crippen LogP contribution in [0.2, 0.25) is 0 Å². The van der Waals surface area contributed by atoms with Crippen molar-refractivity contribution in [2.45, 2.75) is 26.8 Å². The Labute approximate surface area is 110 Å². The smallest absolute Gasteiger partial charge is 0.284 e. The molecule has 2 aromatic heterocycles. The second kappa shape index (κ2) is 5.19. The molecule has 0 aliphatic heterocycles. The molecule has 0 saturated heterocycles. The molecule has 0 spiro atoms. The highest BCUT2D eigenvalue weighted by atomic mass is 16.2. The van der Waals surface area contributed by atoms with Gasteiger partial charge in [0, 0.05) is 6.54 Å². The van der Waals surface area contributed by atoms with E-state index in [4.69, 9.17) is 11.6 Å². The first kappa shape index (κ1) is 13.2. The number of aromatic nitrogens is 4. The Balaban J connectivity index is 2.47. The van der Waals surface area contributed by atoms with Crippen LogP contribution in [0.5, 0.6) is 0 Å². The van der Waals surface area contributed by atoms with Gasteiger partial charge < -0.3 is 5.73 Å². The molecule has 19 heavy (non-hydrogen) atoms. The monoisotopic (exact) mass is 263 g/mol. The maximum Gasteiger partial charge on any atom is 0.284 e. The molecule has 0 saturated carbocycles. The van der Waals surface area contributed by atoms with Gasteiger partial charge in [-0.15, -0.1) is 0 Å². The molecule has 0 atom stereocenters. The first-order valence-electron chi connectivity index (χ1n) is 6.03. The Morgan fingerprint density at radius 3 is 2.84 bits per heavy atom. The number of hydrazine groups is 1. The molecule has 2 heterocycles. The number of nitrogen functional groups attached to an aromatic ring is 2. The van der Waals surface area contributed by atoms with E-state index in [1.54, 1.807) is 10.9 Å². The van der Waals surface area contributed by atoms with E-state index in [-0.39, 0.29) is 11.6 Å². The van der Waals surface area contributed by atoms with Crippen molar-refractivity contribution >= 4 is 22.9 Å². The van der Waals surface area contributed by atoms with Gasteiger partial charge in [-0.1, -0.05) is 13.8 Å². The van der Waals surface area contributed by atoms with Crippen LogP contribution >= 0.6 is 0 Å². The molecule has 0 unspecified atom stereocenters. The number of carbonyl (C=O) groups excluding carboxylic acids is 1. The van der Waals surface area contributed by atoms with E-state index in [2.05, 4.69) is 28.9 Å². The molecule has 5 N–H and O–H groups in total. The lowest BCUT2D eigenvalue weighted by molar-refractivity contribution is 0.0950. The number of hydrogen-bond donors (Lipinski definition) is 3. The topological polar surface area (TPSA) is 125 Å². The minimum absolute atomic E-state index is 0.0254.